The molecule has 3 nitrogen and oxygen atoms in total. The topological polar surface area (TPSA) is 44.5 Å². The van der Waals surface area contributed by atoms with Gasteiger partial charge in [0.05, 0.1) is 14.2 Å². The molecule has 0 aliphatic heterocycles. The summed E-state index contributed by atoms with van der Waals surface area (Å²) in [5.74, 6) is 1.55. The monoisotopic (exact) mass is 283 g/mol. The van der Waals surface area contributed by atoms with Crippen LogP contribution in [0.15, 0.2) is 30.3 Å². The van der Waals surface area contributed by atoms with E-state index in [2.05, 4.69) is 12.1 Å². The SMILES string of the molecule is COc1cc2c(N)cccc2c(C2=CCCCC2)c1OC. The van der Waals surface area contributed by atoms with E-state index < -0.39 is 0 Å². The lowest BCUT2D eigenvalue weighted by Crippen LogP contribution is -2.01. The van der Waals surface area contributed by atoms with Crippen LogP contribution >= 0.6 is 0 Å². The van der Waals surface area contributed by atoms with Crippen molar-refractivity contribution in [2.75, 3.05) is 20.0 Å². The second-order valence-corrected chi connectivity index (χ2v) is 5.40. The summed E-state index contributed by atoms with van der Waals surface area (Å²) in [5, 5.41) is 2.16. The molecule has 0 aromatic heterocycles. The molecule has 0 saturated heterocycles. The van der Waals surface area contributed by atoms with Crippen LogP contribution in [0.3, 0.4) is 0 Å². The van der Waals surface area contributed by atoms with Crippen molar-refractivity contribution >= 4 is 22.0 Å². The van der Waals surface area contributed by atoms with Crippen molar-refractivity contribution < 1.29 is 9.47 Å². The van der Waals surface area contributed by atoms with Crippen molar-refractivity contribution in [3.05, 3.63) is 35.9 Å². The Morgan fingerprint density at radius 3 is 2.57 bits per heavy atom. The first-order chi connectivity index (χ1) is 10.3. The number of methoxy groups -OCH3 is 2. The smallest absolute Gasteiger partial charge is 0.168 e. The molecule has 2 N–H and O–H groups in total. The van der Waals surface area contributed by atoms with Crippen molar-refractivity contribution in [3.63, 3.8) is 0 Å². The molecule has 0 amide bonds. The van der Waals surface area contributed by atoms with Crippen molar-refractivity contribution in [2.24, 2.45) is 0 Å². The molecular weight excluding hydrogens is 262 g/mol. The van der Waals surface area contributed by atoms with Crippen molar-refractivity contribution in [3.8, 4) is 11.5 Å². The molecule has 0 saturated carbocycles. The number of nitrogens with two attached hydrogens (primary N) is 1. The maximum Gasteiger partial charge on any atom is 0.168 e. The average Bonchev–Trinajstić information content (AvgIpc) is 2.54. The van der Waals surface area contributed by atoms with Crippen LogP contribution in [0.25, 0.3) is 16.3 Å². The summed E-state index contributed by atoms with van der Waals surface area (Å²) >= 11 is 0. The highest BCUT2D eigenvalue weighted by atomic mass is 16.5. The molecule has 0 unspecified atom stereocenters. The number of fused-ring (bicyclic) bond motifs is 1. The minimum atomic E-state index is 0.740. The third-order valence-electron chi connectivity index (χ3n) is 4.17. The minimum Gasteiger partial charge on any atom is -0.493 e. The summed E-state index contributed by atoms with van der Waals surface area (Å²) in [6.45, 7) is 0. The highest BCUT2D eigenvalue weighted by molar-refractivity contribution is 6.03. The van der Waals surface area contributed by atoms with Crippen LogP contribution in [-0.4, -0.2) is 14.2 Å². The molecule has 2 aromatic rings. The Morgan fingerprint density at radius 2 is 1.90 bits per heavy atom. The molecule has 1 aliphatic carbocycles. The van der Waals surface area contributed by atoms with Crippen molar-refractivity contribution in [1.29, 1.82) is 0 Å². The second kappa shape index (κ2) is 5.68. The average molecular weight is 283 g/mol. The van der Waals surface area contributed by atoms with Crippen LogP contribution in [0.5, 0.6) is 11.5 Å². The lowest BCUT2D eigenvalue weighted by molar-refractivity contribution is 0.355. The van der Waals surface area contributed by atoms with Gasteiger partial charge in [0.15, 0.2) is 11.5 Å². The molecular formula is C18H21NO2. The third kappa shape index (κ3) is 2.33. The zero-order chi connectivity index (χ0) is 14.8. The normalized spacial score (nSPS) is 14.9. The fourth-order valence-corrected chi connectivity index (χ4v) is 3.14. The highest BCUT2D eigenvalue weighted by Crippen LogP contribution is 2.44. The Morgan fingerprint density at radius 1 is 1.05 bits per heavy atom. The van der Waals surface area contributed by atoms with Crippen LogP contribution < -0.4 is 15.2 Å². The fraction of sp³-hybridized carbons (Fsp3) is 0.333. The lowest BCUT2D eigenvalue weighted by atomic mass is 9.89. The summed E-state index contributed by atoms with van der Waals surface area (Å²) in [6, 6.07) is 8.00. The van der Waals surface area contributed by atoms with E-state index in [4.69, 9.17) is 15.2 Å². The van der Waals surface area contributed by atoms with Crippen LogP contribution in [0.4, 0.5) is 5.69 Å². The number of hydrogen-bond acceptors (Lipinski definition) is 3. The first-order valence-electron chi connectivity index (χ1n) is 7.39. The number of nitrogen functional groups attached to an aromatic ring is 1. The second-order valence-electron chi connectivity index (χ2n) is 5.40. The van der Waals surface area contributed by atoms with Gasteiger partial charge in [-0.15, -0.1) is 0 Å². The summed E-state index contributed by atoms with van der Waals surface area (Å²) in [7, 11) is 3.37. The van der Waals surface area contributed by atoms with E-state index in [1.54, 1.807) is 14.2 Å². The van der Waals surface area contributed by atoms with Gasteiger partial charge in [-0.1, -0.05) is 18.2 Å². The van der Waals surface area contributed by atoms with Crippen LogP contribution in [0, 0.1) is 0 Å². The van der Waals surface area contributed by atoms with E-state index in [1.165, 1.54) is 18.4 Å². The number of benzene rings is 2. The Bertz CT molecular complexity index is 704. The van der Waals surface area contributed by atoms with Gasteiger partial charge in [-0.3, -0.25) is 0 Å². The van der Waals surface area contributed by atoms with Crippen molar-refractivity contribution in [2.45, 2.75) is 25.7 Å². The van der Waals surface area contributed by atoms with E-state index in [0.29, 0.717) is 0 Å². The Hall–Kier alpha value is -2.16. The van der Waals surface area contributed by atoms with Crippen molar-refractivity contribution in [1.82, 2.24) is 0 Å². The minimum absolute atomic E-state index is 0.740. The zero-order valence-corrected chi connectivity index (χ0v) is 12.6. The number of rotatable bonds is 3. The van der Waals surface area contributed by atoms with E-state index >= 15 is 0 Å². The van der Waals surface area contributed by atoms with Gasteiger partial charge in [0, 0.05) is 16.6 Å². The third-order valence-corrected chi connectivity index (χ3v) is 4.17. The molecule has 0 fully saturated rings. The van der Waals surface area contributed by atoms with Gasteiger partial charge in [0.2, 0.25) is 0 Å². The van der Waals surface area contributed by atoms with Gasteiger partial charge >= 0.3 is 0 Å². The van der Waals surface area contributed by atoms with Gasteiger partial charge in [-0.05, 0) is 48.8 Å². The van der Waals surface area contributed by atoms with Crippen LogP contribution in [0.2, 0.25) is 0 Å². The van der Waals surface area contributed by atoms with Gasteiger partial charge < -0.3 is 15.2 Å². The summed E-state index contributed by atoms with van der Waals surface area (Å²) in [4.78, 5) is 0. The molecule has 0 radical (unpaired) electrons. The molecule has 0 bridgehead atoms. The standard InChI is InChI=1S/C18H21NO2/c1-20-16-11-14-13(9-6-10-15(14)19)17(18(16)21-2)12-7-4-3-5-8-12/h6-7,9-11H,3-5,8,19H2,1-2H3. The summed E-state index contributed by atoms with van der Waals surface area (Å²) < 4.78 is 11.2. The number of anilines is 1. The predicted molar refractivity (Wildman–Crippen MR) is 87.9 cm³/mol. The molecule has 0 spiro atoms. The molecule has 2 aromatic carbocycles. The maximum absolute atomic E-state index is 6.15. The van der Waals surface area contributed by atoms with Gasteiger partial charge in [0.25, 0.3) is 0 Å². The molecule has 1 aliphatic rings. The molecule has 3 heteroatoms. The van der Waals surface area contributed by atoms with Gasteiger partial charge in [-0.2, -0.15) is 0 Å². The molecule has 3 rings (SSSR count). The van der Waals surface area contributed by atoms with Crippen LogP contribution in [0.1, 0.15) is 31.2 Å². The Kier molecular flexibility index (Phi) is 3.74. The largest absolute Gasteiger partial charge is 0.493 e. The number of ether oxygens (including phenoxy) is 2. The van der Waals surface area contributed by atoms with Gasteiger partial charge in [0.1, 0.15) is 0 Å². The lowest BCUT2D eigenvalue weighted by Gasteiger charge is -2.21. The van der Waals surface area contributed by atoms with Crippen LogP contribution in [-0.2, 0) is 0 Å². The molecule has 0 atom stereocenters. The predicted octanol–water partition coefficient (Wildman–Crippen LogP) is 4.40. The number of hydrogen-bond donors (Lipinski definition) is 1. The number of allylic oxidation sites excluding steroid dienone is 2. The van der Waals surface area contributed by atoms with E-state index in [0.717, 1.165) is 46.4 Å². The molecule has 110 valence electrons. The maximum atomic E-state index is 6.15. The van der Waals surface area contributed by atoms with E-state index in [-0.39, 0.29) is 0 Å². The quantitative estimate of drug-likeness (QED) is 0.849. The molecule has 0 heterocycles. The van der Waals surface area contributed by atoms with E-state index in [1.807, 2.05) is 18.2 Å². The Balaban J connectivity index is 2.37. The zero-order valence-electron chi connectivity index (χ0n) is 12.6. The summed E-state index contributed by atoms with van der Waals surface area (Å²) in [6.07, 6.45) is 7.00. The van der Waals surface area contributed by atoms with Gasteiger partial charge in [-0.25, -0.2) is 0 Å². The fourth-order valence-electron chi connectivity index (χ4n) is 3.14. The first-order valence-corrected chi connectivity index (χ1v) is 7.39. The van der Waals surface area contributed by atoms with E-state index in [9.17, 15) is 0 Å². The Labute approximate surface area is 125 Å². The highest BCUT2D eigenvalue weighted by Gasteiger charge is 2.20. The summed E-state index contributed by atoms with van der Waals surface area (Å²) in [5.41, 5.74) is 9.40. The molecule has 21 heavy (non-hydrogen) atoms. The first kappa shape index (κ1) is 13.8.